The minimum Gasteiger partial charge on any atom is -0.438 e. The summed E-state index contributed by atoms with van der Waals surface area (Å²) in [6.07, 6.45) is 1.64. The molecule has 0 atom stereocenters. The summed E-state index contributed by atoms with van der Waals surface area (Å²) in [4.78, 5) is 4.08. The third-order valence-electron chi connectivity index (χ3n) is 2.16. The number of hydrogen-bond donors (Lipinski definition) is 0. The van der Waals surface area contributed by atoms with E-state index in [2.05, 4.69) is 36.8 Å². The van der Waals surface area contributed by atoms with E-state index in [1.54, 1.807) is 18.3 Å². The molecule has 0 aliphatic carbocycles. The van der Waals surface area contributed by atoms with E-state index >= 15 is 0 Å². The molecule has 88 valence electrons. The Bertz CT molecular complexity index is 560. The second-order valence-corrected chi connectivity index (χ2v) is 5.07. The first-order valence-electron chi connectivity index (χ1n) is 4.82. The summed E-state index contributed by atoms with van der Waals surface area (Å²) in [5.41, 5.74) is 1.01. The van der Waals surface area contributed by atoms with Crippen molar-refractivity contribution < 1.29 is 9.13 Å². The van der Waals surface area contributed by atoms with Crippen molar-refractivity contribution in [2.45, 2.75) is 6.92 Å². The second kappa shape index (κ2) is 5.14. The van der Waals surface area contributed by atoms with E-state index in [1.807, 2.05) is 13.0 Å². The molecule has 1 heterocycles. The molecule has 0 N–H and O–H groups in total. The van der Waals surface area contributed by atoms with Crippen LogP contribution in [0.3, 0.4) is 0 Å². The summed E-state index contributed by atoms with van der Waals surface area (Å²) in [5.74, 6) is 0.461. The minimum absolute atomic E-state index is 0.369. The maximum Gasteiger partial charge on any atom is 0.233 e. The number of benzene rings is 1. The molecule has 1 aromatic heterocycles. The Morgan fingerprint density at radius 2 is 2.00 bits per heavy atom. The molecular formula is C12H8Br2FNO. The van der Waals surface area contributed by atoms with Gasteiger partial charge in [0.15, 0.2) is 0 Å². The first kappa shape index (κ1) is 12.5. The zero-order valence-electron chi connectivity index (χ0n) is 8.88. The zero-order chi connectivity index (χ0) is 12.4. The smallest absolute Gasteiger partial charge is 0.233 e. The lowest BCUT2D eigenvalue weighted by Gasteiger charge is -2.08. The summed E-state index contributed by atoms with van der Waals surface area (Å²) in [7, 11) is 0. The molecule has 0 bridgehead atoms. The lowest BCUT2D eigenvalue weighted by molar-refractivity contribution is 0.454. The van der Waals surface area contributed by atoms with Crippen LogP contribution in [0.1, 0.15) is 5.56 Å². The first-order chi connectivity index (χ1) is 8.08. The van der Waals surface area contributed by atoms with Gasteiger partial charge in [-0.25, -0.2) is 9.37 Å². The van der Waals surface area contributed by atoms with Crippen LogP contribution >= 0.6 is 31.9 Å². The number of aromatic nitrogens is 1. The summed E-state index contributed by atoms with van der Waals surface area (Å²) in [5, 5.41) is 0. The Morgan fingerprint density at radius 3 is 2.71 bits per heavy atom. The number of aryl methyl sites for hydroxylation is 1. The highest BCUT2D eigenvalue weighted by atomic mass is 79.9. The second-order valence-electron chi connectivity index (χ2n) is 3.42. The van der Waals surface area contributed by atoms with Gasteiger partial charge < -0.3 is 4.74 Å². The molecule has 2 nitrogen and oxygen atoms in total. The molecule has 0 radical (unpaired) electrons. The maximum absolute atomic E-state index is 13.3. The predicted octanol–water partition coefficient (Wildman–Crippen LogP) is 4.85. The van der Waals surface area contributed by atoms with Crippen molar-refractivity contribution in [1.82, 2.24) is 4.98 Å². The Hall–Kier alpha value is -0.940. The fourth-order valence-electron chi connectivity index (χ4n) is 1.24. The van der Waals surface area contributed by atoms with Crippen molar-refractivity contribution in [3.8, 4) is 11.6 Å². The van der Waals surface area contributed by atoms with Gasteiger partial charge in [0.2, 0.25) is 5.88 Å². The van der Waals surface area contributed by atoms with Crippen molar-refractivity contribution >= 4 is 31.9 Å². The summed E-state index contributed by atoms with van der Waals surface area (Å²) < 4.78 is 20.0. The zero-order valence-corrected chi connectivity index (χ0v) is 12.0. The van der Waals surface area contributed by atoms with Crippen LogP contribution in [-0.4, -0.2) is 4.98 Å². The monoisotopic (exact) mass is 359 g/mol. The van der Waals surface area contributed by atoms with Crippen LogP contribution in [0, 0.1) is 12.7 Å². The van der Waals surface area contributed by atoms with Gasteiger partial charge in [-0.3, -0.25) is 0 Å². The van der Waals surface area contributed by atoms with Crippen molar-refractivity contribution in [1.29, 1.82) is 0 Å². The standard InChI is InChI=1S/C12H8Br2FNO/c1-7-4-5-16-12(11(7)14)17-8-2-3-9(13)10(15)6-8/h2-6H,1H3. The van der Waals surface area contributed by atoms with E-state index in [4.69, 9.17) is 4.74 Å². The van der Waals surface area contributed by atoms with Gasteiger partial charge in [0.05, 0.1) is 8.95 Å². The SMILES string of the molecule is Cc1ccnc(Oc2ccc(Br)c(F)c2)c1Br. The van der Waals surface area contributed by atoms with Crippen molar-refractivity contribution in [3.63, 3.8) is 0 Å². The minimum atomic E-state index is -0.369. The topological polar surface area (TPSA) is 22.1 Å². The highest BCUT2D eigenvalue weighted by Gasteiger charge is 2.08. The molecule has 17 heavy (non-hydrogen) atoms. The summed E-state index contributed by atoms with van der Waals surface area (Å²) in [6, 6.07) is 6.43. The summed E-state index contributed by atoms with van der Waals surface area (Å²) >= 11 is 6.47. The van der Waals surface area contributed by atoms with Gasteiger partial charge in [-0.05, 0) is 62.5 Å². The fourth-order valence-corrected chi connectivity index (χ4v) is 1.80. The van der Waals surface area contributed by atoms with Crippen LogP contribution in [0.4, 0.5) is 4.39 Å². The number of pyridine rings is 1. The molecule has 0 saturated heterocycles. The van der Waals surface area contributed by atoms with Gasteiger partial charge in [0, 0.05) is 12.3 Å². The van der Waals surface area contributed by atoms with Gasteiger partial charge in [-0.2, -0.15) is 0 Å². The lowest BCUT2D eigenvalue weighted by atomic mass is 10.3. The fraction of sp³-hybridized carbons (Fsp3) is 0.0833. The number of hydrogen-bond acceptors (Lipinski definition) is 2. The number of ether oxygens (including phenoxy) is 1. The Kier molecular flexibility index (Phi) is 3.79. The summed E-state index contributed by atoms with van der Waals surface area (Å²) in [6.45, 7) is 1.93. The third kappa shape index (κ3) is 2.84. The Labute approximate surface area is 115 Å². The molecule has 0 aliphatic rings. The predicted molar refractivity (Wildman–Crippen MR) is 70.8 cm³/mol. The normalized spacial score (nSPS) is 10.4. The molecule has 0 unspecified atom stereocenters. The van der Waals surface area contributed by atoms with Crippen LogP contribution in [-0.2, 0) is 0 Å². The Balaban J connectivity index is 2.31. The number of rotatable bonds is 2. The van der Waals surface area contributed by atoms with Crippen LogP contribution < -0.4 is 4.74 Å². The highest BCUT2D eigenvalue weighted by molar-refractivity contribution is 9.10. The van der Waals surface area contributed by atoms with E-state index in [-0.39, 0.29) is 5.82 Å². The van der Waals surface area contributed by atoms with Crippen LogP contribution in [0.5, 0.6) is 11.6 Å². The third-order valence-corrected chi connectivity index (χ3v) is 3.76. The molecule has 2 aromatic rings. The Morgan fingerprint density at radius 1 is 1.24 bits per heavy atom. The van der Waals surface area contributed by atoms with Gasteiger partial charge in [-0.1, -0.05) is 0 Å². The van der Waals surface area contributed by atoms with E-state index < -0.39 is 0 Å². The lowest BCUT2D eigenvalue weighted by Crippen LogP contribution is -1.91. The molecule has 1 aromatic carbocycles. The van der Waals surface area contributed by atoms with Gasteiger partial charge in [0.1, 0.15) is 11.6 Å². The molecule has 0 aliphatic heterocycles. The van der Waals surface area contributed by atoms with Crippen molar-refractivity contribution in [3.05, 3.63) is 50.8 Å². The number of nitrogens with zero attached hydrogens (tertiary/aromatic N) is 1. The van der Waals surface area contributed by atoms with Crippen molar-refractivity contribution in [2.75, 3.05) is 0 Å². The van der Waals surface area contributed by atoms with E-state index in [1.165, 1.54) is 6.07 Å². The van der Waals surface area contributed by atoms with Crippen LogP contribution in [0.2, 0.25) is 0 Å². The quantitative estimate of drug-likeness (QED) is 0.763. The average molecular weight is 361 g/mol. The molecule has 0 spiro atoms. The van der Waals surface area contributed by atoms with E-state index in [9.17, 15) is 4.39 Å². The van der Waals surface area contributed by atoms with Crippen LogP contribution in [0.25, 0.3) is 0 Å². The average Bonchev–Trinajstić information content (AvgIpc) is 2.30. The van der Waals surface area contributed by atoms with Crippen LogP contribution in [0.15, 0.2) is 39.4 Å². The largest absolute Gasteiger partial charge is 0.438 e. The van der Waals surface area contributed by atoms with Crippen molar-refractivity contribution in [2.24, 2.45) is 0 Å². The molecule has 0 fully saturated rings. The van der Waals surface area contributed by atoms with E-state index in [0.29, 0.717) is 16.1 Å². The highest BCUT2D eigenvalue weighted by Crippen LogP contribution is 2.31. The van der Waals surface area contributed by atoms with Gasteiger partial charge >= 0.3 is 0 Å². The maximum atomic E-state index is 13.3. The van der Waals surface area contributed by atoms with E-state index in [0.717, 1.165) is 10.0 Å². The van der Waals surface area contributed by atoms with Gasteiger partial charge in [0.25, 0.3) is 0 Å². The molecule has 2 rings (SSSR count). The number of halogens is 3. The van der Waals surface area contributed by atoms with Gasteiger partial charge in [-0.15, -0.1) is 0 Å². The first-order valence-corrected chi connectivity index (χ1v) is 6.40. The molecule has 0 saturated carbocycles. The molecule has 0 amide bonds. The molecule has 5 heteroatoms. The molecular weight excluding hydrogens is 353 g/mol.